The summed E-state index contributed by atoms with van der Waals surface area (Å²) < 4.78 is 50.6. The second-order valence-corrected chi connectivity index (χ2v) is 14.8. The van der Waals surface area contributed by atoms with Crippen LogP contribution in [0.1, 0.15) is 45.6 Å². The predicted molar refractivity (Wildman–Crippen MR) is 207 cm³/mol. The number of carboxylic acids is 1. The number of nitrogens with zero attached hydrogens (tertiary/aromatic N) is 4. The molecule has 0 radical (unpaired) electrons. The molecule has 5 rings (SSSR count). The van der Waals surface area contributed by atoms with Gasteiger partial charge in [0.05, 0.1) is 23.6 Å². The van der Waals surface area contributed by atoms with E-state index in [0.717, 1.165) is 22.3 Å². The minimum Gasteiger partial charge on any atom is -0.495 e. The first-order valence-electron chi connectivity index (χ1n) is 17.0. The number of fused-ring (bicyclic) bond motifs is 1. The highest BCUT2D eigenvalue weighted by Crippen LogP contribution is 2.36. The molecule has 17 heteroatoms. The number of anilines is 3. The number of carbonyl (C=O) groups excluding carboxylic acids is 2. The van der Waals surface area contributed by atoms with Crippen molar-refractivity contribution in [2.45, 2.75) is 57.2 Å². The number of sulfone groups is 1. The molecule has 14 nitrogen and oxygen atoms in total. The first-order valence-corrected chi connectivity index (χ1v) is 18.9. The lowest BCUT2D eigenvalue weighted by Crippen LogP contribution is -2.48. The number of rotatable bonds is 14. The van der Waals surface area contributed by atoms with Gasteiger partial charge in [-0.15, -0.1) is 17.5 Å². The Kier molecular flexibility index (Phi) is 13.6. The fourth-order valence-electron chi connectivity index (χ4n) is 5.60. The van der Waals surface area contributed by atoms with Gasteiger partial charge in [-0.3, -0.25) is 14.9 Å². The van der Waals surface area contributed by atoms with Crippen LogP contribution in [0.15, 0.2) is 90.0 Å². The monoisotopic (exact) mass is 796 g/mol. The van der Waals surface area contributed by atoms with Crippen molar-refractivity contribution in [3.63, 3.8) is 0 Å². The number of benzene rings is 3. The van der Waals surface area contributed by atoms with Crippen LogP contribution < -0.4 is 20.3 Å². The molecule has 0 spiro atoms. The number of aromatic nitrogens is 3. The van der Waals surface area contributed by atoms with Gasteiger partial charge >= 0.3 is 12.1 Å². The van der Waals surface area contributed by atoms with E-state index in [4.69, 9.17) is 9.47 Å². The molecule has 0 saturated carbocycles. The summed E-state index contributed by atoms with van der Waals surface area (Å²) in [6.07, 6.45) is 1.23. The van der Waals surface area contributed by atoms with Crippen molar-refractivity contribution >= 4 is 63.2 Å². The van der Waals surface area contributed by atoms with Gasteiger partial charge < -0.3 is 19.9 Å². The van der Waals surface area contributed by atoms with Crippen molar-refractivity contribution in [2.24, 2.45) is 5.92 Å². The molecule has 3 aromatic carbocycles. The summed E-state index contributed by atoms with van der Waals surface area (Å²) in [5.41, 5.74) is 3.17. The van der Waals surface area contributed by atoms with Gasteiger partial charge in [-0.2, -0.15) is 4.98 Å². The van der Waals surface area contributed by atoms with Gasteiger partial charge in [-0.25, -0.2) is 27.0 Å². The summed E-state index contributed by atoms with van der Waals surface area (Å²) >= 11 is 0. The van der Waals surface area contributed by atoms with Crippen LogP contribution >= 0.6 is 12.4 Å². The molecule has 2 aromatic heterocycles. The molecule has 2 heterocycles. The number of carboxylic acid groups (broad SMARTS) is 1. The van der Waals surface area contributed by atoms with Gasteiger partial charge in [0.2, 0.25) is 5.91 Å². The van der Waals surface area contributed by atoms with E-state index in [9.17, 15) is 32.3 Å². The van der Waals surface area contributed by atoms with E-state index in [1.54, 1.807) is 56.4 Å². The first-order chi connectivity index (χ1) is 25.6. The van der Waals surface area contributed by atoms with Crippen molar-refractivity contribution in [1.29, 1.82) is 0 Å². The largest absolute Gasteiger partial charge is 0.495 e. The Morgan fingerprint density at radius 2 is 1.62 bits per heavy atom. The number of halogens is 2. The zero-order valence-corrected chi connectivity index (χ0v) is 32.5. The molecule has 292 valence electrons. The average Bonchev–Trinajstić information content (AvgIpc) is 3.56. The number of hydrogen-bond acceptors (Lipinski definition) is 10. The van der Waals surface area contributed by atoms with Crippen molar-refractivity contribution in [2.75, 3.05) is 23.6 Å². The van der Waals surface area contributed by atoms with Crippen molar-refractivity contribution in [1.82, 2.24) is 19.9 Å². The summed E-state index contributed by atoms with van der Waals surface area (Å²) in [5.74, 6) is -2.64. The fourth-order valence-corrected chi connectivity index (χ4v) is 6.24. The molecular weight excluding hydrogens is 755 g/mol. The molecule has 0 saturated heterocycles. The second-order valence-electron chi connectivity index (χ2n) is 12.8. The normalized spacial score (nSPS) is 13.5. The SMILES string of the molecule is CCC(C)[C@H](NC(C)OC(=O)N(c1nc2ccc(-c3ccc(NC(=O)[C@H](C)c4ccc(F)cc4)cc3)cn2n1)c1ccc(S(C)(=O)=O)cc1OC)C(=O)O.Cl. The number of pyridine rings is 1. The smallest absolute Gasteiger partial charge is 0.423 e. The molecule has 55 heavy (non-hydrogen) atoms. The van der Waals surface area contributed by atoms with Gasteiger partial charge in [0.1, 0.15) is 17.6 Å². The van der Waals surface area contributed by atoms with Crippen LogP contribution in [0.4, 0.5) is 26.5 Å². The maximum absolute atomic E-state index is 13.9. The topological polar surface area (TPSA) is 182 Å². The number of ether oxygens (including phenoxy) is 2. The molecule has 4 atom stereocenters. The average molecular weight is 797 g/mol. The Hall–Kier alpha value is -5.58. The van der Waals surface area contributed by atoms with E-state index < -0.39 is 40.1 Å². The van der Waals surface area contributed by atoms with Crippen LogP contribution in [0, 0.1) is 11.7 Å². The standard InChI is InChI=1S/C38H41FN6O8S.ClH/c1-7-22(2)34(36(47)48)40-24(4)53-38(49)45(31-18-17-30(54(6,50)51)20-32(31)52-5)37-42-33-19-12-27(21-44(33)43-37)26-10-15-29(16-11-26)41-35(46)23(3)25-8-13-28(39)14-9-25;/h8-24,34,40H,7H2,1-6H3,(H,41,46)(H,47,48);1H/t22?,23-,24?,34+;/m1./s1. The highest BCUT2D eigenvalue weighted by atomic mass is 35.5. The third-order valence-corrected chi connectivity index (χ3v) is 10.1. The zero-order valence-electron chi connectivity index (χ0n) is 30.9. The Morgan fingerprint density at radius 1 is 0.964 bits per heavy atom. The van der Waals surface area contributed by atoms with E-state index in [0.29, 0.717) is 23.3 Å². The van der Waals surface area contributed by atoms with Crippen LogP contribution in [0.2, 0.25) is 0 Å². The van der Waals surface area contributed by atoms with Crippen LogP contribution in [0.25, 0.3) is 16.8 Å². The number of carbonyl (C=O) groups is 3. The van der Waals surface area contributed by atoms with Crippen LogP contribution in [0.5, 0.6) is 5.75 Å². The number of methoxy groups -OCH3 is 1. The predicted octanol–water partition coefficient (Wildman–Crippen LogP) is 6.82. The van der Waals surface area contributed by atoms with Gasteiger partial charge in [-0.1, -0.05) is 44.5 Å². The quantitative estimate of drug-likeness (QED) is 0.100. The molecule has 3 N–H and O–H groups in total. The van der Waals surface area contributed by atoms with Gasteiger partial charge in [0.15, 0.2) is 21.7 Å². The summed E-state index contributed by atoms with van der Waals surface area (Å²) in [7, 11) is -2.33. The van der Waals surface area contributed by atoms with Crippen LogP contribution in [0.3, 0.4) is 0 Å². The zero-order chi connectivity index (χ0) is 39.3. The molecule has 2 amide bonds. The van der Waals surface area contributed by atoms with Gasteiger partial charge in [-0.05, 0) is 79.4 Å². The summed E-state index contributed by atoms with van der Waals surface area (Å²) in [6.45, 7) is 6.84. The van der Waals surface area contributed by atoms with E-state index >= 15 is 0 Å². The molecule has 0 aliphatic heterocycles. The summed E-state index contributed by atoms with van der Waals surface area (Å²) in [6, 6.07) is 19.3. The van der Waals surface area contributed by atoms with E-state index in [-0.39, 0.29) is 52.3 Å². The maximum atomic E-state index is 13.9. The molecule has 0 aliphatic carbocycles. The lowest BCUT2D eigenvalue weighted by molar-refractivity contribution is -0.142. The third-order valence-electron chi connectivity index (χ3n) is 8.94. The molecular formula is C38H42ClFN6O8S. The Balaban J connectivity index is 0.00000673. The number of amides is 2. The minimum atomic E-state index is -3.64. The number of hydrogen-bond donors (Lipinski definition) is 3. The minimum absolute atomic E-state index is 0. The van der Waals surface area contributed by atoms with E-state index in [1.165, 1.54) is 48.9 Å². The van der Waals surface area contributed by atoms with Crippen molar-refractivity contribution < 1.29 is 41.8 Å². The second kappa shape index (κ2) is 17.7. The Labute approximate surface area is 324 Å². The highest BCUT2D eigenvalue weighted by molar-refractivity contribution is 7.90. The Bertz CT molecular complexity index is 2270. The Morgan fingerprint density at radius 3 is 2.22 bits per heavy atom. The first kappa shape index (κ1) is 42.2. The van der Waals surface area contributed by atoms with Crippen LogP contribution in [-0.4, -0.2) is 71.7 Å². The number of nitrogens with one attached hydrogen (secondary N) is 2. The van der Waals surface area contributed by atoms with Crippen molar-refractivity contribution in [3.05, 3.63) is 96.4 Å². The molecule has 0 aliphatic rings. The third kappa shape index (κ3) is 9.95. The van der Waals surface area contributed by atoms with Crippen molar-refractivity contribution in [3.8, 4) is 16.9 Å². The summed E-state index contributed by atoms with van der Waals surface area (Å²) in [5, 5.41) is 20.0. The van der Waals surface area contributed by atoms with E-state index in [1.807, 2.05) is 19.1 Å². The molecule has 2 unspecified atom stereocenters. The lowest BCUT2D eigenvalue weighted by Gasteiger charge is -2.27. The molecule has 0 bridgehead atoms. The van der Waals surface area contributed by atoms with E-state index in [2.05, 4.69) is 20.7 Å². The fraction of sp³-hybridized carbons (Fsp3) is 0.289. The lowest BCUT2D eigenvalue weighted by atomic mass is 9.99. The van der Waals surface area contributed by atoms with Gasteiger partial charge in [0, 0.05) is 29.8 Å². The maximum Gasteiger partial charge on any atom is 0.423 e. The molecule has 0 fully saturated rings. The summed E-state index contributed by atoms with van der Waals surface area (Å²) in [4.78, 5) is 44.2. The number of aliphatic carboxylic acids is 1. The van der Waals surface area contributed by atoms with Crippen LogP contribution in [-0.2, 0) is 24.2 Å². The highest BCUT2D eigenvalue weighted by Gasteiger charge is 2.31. The molecule has 5 aromatic rings. The van der Waals surface area contributed by atoms with Gasteiger partial charge in [0.25, 0.3) is 5.95 Å².